The zero-order valence-corrected chi connectivity index (χ0v) is 15.6. The number of rotatable bonds is 4. The van der Waals surface area contributed by atoms with Gasteiger partial charge in [-0.2, -0.15) is 0 Å². The molecule has 1 aliphatic rings. The highest BCUT2D eigenvalue weighted by Gasteiger charge is 2.19. The Hall–Kier alpha value is -2.04. The van der Waals surface area contributed by atoms with Gasteiger partial charge in [-0.15, -0.1) is 11.3 Å². The zero-order valence-electron chi connectivity index (χ0n) is 14.8. The van der Waals surface area contributed by atoms with Crippen LogP contribution in [0.5, 0.6) is 0 Å². The lowest BCUT2D eigenvalue weighted by molar-refractivity contribution is 0.242. The van der Waals surface area contributed by atoms with Crippen molar-refractivity contribution in [3.8, 4) is 11.1 Å². The fourth-order valence-electron chi connectivity index (χ4n) is 3.25. The van der Waals surface area contributed by atoms with E-state index in [-0.39, 0.29) is 0 Å². The number of aromatic nitrogens is 2. The Morgan fingerprint density at radius 1 is 1.16 bits per heavy atom. The molecule has 0 amide bonds. The van der Waals surface area contributed by atoms with Crippen LogP contribution in [-0.4, -0.2) is 21.4 Å². The summed E-state index contributed by atoms with van der Waals surface area (Å²) in [7, 11) is 0. The molecule has 0 bridgehead atoms. The first-order valence-corrected chi connectivity index (χ1v) is 9.77. The fourth-order valence-corrected chi connectivity index (χ4v) is 4.19. The molecule has 3 aromatic rings. The molecule has 0 radical (unpaired) electrons. The highest BCUT2D eigenvalue weighted by molar-refractivity contribution is 7.10. The summed E-state index contributed by atoms with van der Waals surface area (Å²) in [5, 5.41) is 2.27. The van der Waals surface area contributed by atoms with Gasteiger partial charge in [-0.1, -0.05) is 44.2 Å². The summed E-state index contributed by atoms with van der Waals surface area (Å²) in [6.45, 7) is 7.31. The van der Waals surface area contributed by atoms with Crippen molar-refractivity contribution in [2.24, 2.45) is 0 Å². The standard InChI is InChI=1S/C21H23N3S/c1-15(2)21-22-11-17-8-9-24(13-20(17)23-21)12-19-10-18(14-25-19)16-6-4-3-5-7-16/h3-7,10-11,14-15H,8-9,12-13H2,1-2H3. The predicted molar refractivity (Wildman–Crippen MR) is 104 cm³/mol. The van der Waals surface area contributed by atoms with Crippen LogP contribution in [0.1, 0.15) is 41.7 Å². The van der Waals surface area contributed by atoms with Crippen LogP contribution in [0.2, 0.25) is 0 Å². The molecule has 0 aliphatic carbocycles. The molecule has 0 atom stereocenters. The Morgan fingerprint density at radius 2 is 2.00 bits per heavy atom. The molecule has 0 saturated carbocycles. The molecule has 3 heterocycles. The van der Waals surface area contributed by atoms with E-state index in [1.165, 1.54) is 27.3 Å². The van der Waals surface area contributed by atoms with E-state index in [0.717, 1.165) is 31.9 Å². The van der Waals surface area contributed by atoms with Crippen molar-refractivity contribution in [1.29, 1.82) is 0 Å². The van der Waals surface area contributed by atoms with Gasteiger partial charge in [0.25, 0.3) is 0 Å². The summed E-state index contributed by atoms with van der Waals surface area (Å²) in [6.07, 6.45) is 3.08. The number of fused-ring (bicyclic) bond motifs is 1. The van der Waals surface area contributed by atoms with Crippen molar-refractivity contribution in [2.75, 3.05) is 6.54 Å². The van der Waals surface area contributed by atoms with E-state index in [1.54, 1.807) is 0 Å². The highest BCUT2D eigenvalue weighted by Crippen LogP contribution is 2.28. The van der Waals surface area contributed by atoms with Crippen LogP contribution in [0.25, 0.3) is 11.1 Å². The minimum absolute atomic E-state index is 0.381. The Labute approximate surface area is 153 Å². The maximum atomic E-state index is 4.81. The number of thiophene rings is 1. The molecule has 0 saturated heterocycles. The molecule has 0 N–H and O–H groups in total. The number of nitrogens with zero attached hydrogens (tertiary/aromatic N) is 3. The maximum absolute atomic E-state index is 4.81. The van der Waals surface area contributed by atoms with Gasteiger partial charge in [-0.3, -0.25) is 4.90 Å². The summed E-state index contributed by atoms with van der Waals surface area (Å²) in [5.41, 5.74) is 5.15. The molecule has 4 rings (SSSR count). The van der Waals surface area contributed by atoms with Crippen LogP contribution in [0.4, 0.5) is 0 Å². The quantitative estimate of drug-likeness (QED) is 0.672. The molecule has 4 heteroatoms. The number of hydrogen-bond donors (Lipinski definition) is 0. The van der Waals surface area contributed by atoms with Crippen molar-refractivity contribution >= 4 is 11.3 Å². The minimum Gasteiger partial charge on any atom is -0.292 e. The van der Waals surface area contributed by atoms with Crippen molar-refractivity contribution in [3.05, 3.63) is 69.9 Å². The zero-order chi connectivity index (χ0) is 17.2. The Morgan fingerprint density at radius 3 is 2.80 bits per heavy atom. The minimum atomic E-state index is 0.381. The molecule has 3 nitrogen and oxygen atoms in total. The van der Waals surface area contributed by atoms with Crippen LogP contribution in [0.15, 0.2) is 48.0 Å². The van der Waals surface area contributed by atoms with Gasteiger partial charge >= 0.3 is 0 Å². The van der Waals surface area contributed by atoms with Gasteiger partial charge in [0.05, 0.1) is 5.69 Å². The molecule has 0 spiro atoms. The second-order valence-electron chi connectivity index (χ2n) is 6.98. The lowest BCUT2D eigenvalue weighted by atomic mass is 10.1. The summed E-state index contributed by atoms with van der Waals surface area (Å²) in [5.74, 6) is 1.34. The van der Waals surface area contributed by atoms with E-state index in [2.05, 4.69) is 65.5 Å². The van der Waals surface area contributed by atoms with Gasteiger partial charge in [-0.05, 0) is 34.6 Å². The van der Waals surface area contributed by atoms with Gasteiger partial charge in [0, 0.05) is 36.6 Å². The maximum Gasteiger partial charge on any atom is 0.131 e. The molecule has 1 aromatic carbocycles. The third kappa shape index (κ3) is 3.65. The predicted octanol–water partition coefficient (Wildman–Crippen LogP) is 4.89. The van der Waals surface area contributed by atoms with Gasteiger partial charge in [0.2, 0.25) is 0 Å². The lowest BCUT2D eigenvalue weighted by Crippen LogP contribution is -2.31. The lowest BCUT2D eigenvalue weighted by Gasteiger charge is -2.27. The first-order valence-electron chi connectivity index (χ1n) is 8.89. The average Bonchev–Trinajstić information content (AvgIpc) is 3.10. The van der Waals surface area contributed by atoms with E-state index in [1.807, 2.05) is 17.5 Å². The number of benzene rings is 1. The van der Waals surface area contributed by atoms with Crippen LogP contribution >= 0.6 is 11.3 Å². The van der Waals surface area contributed by atoms with Crippen molar-refractivity contribution in [1.82, 2.24) is 14.9 Å². The first kappa shape index (κ1) is 16.4. The van der Waals surface area contributed by atoms with Crippen LogP contribution in [0, 0.1) is 0 Å². The van der Waals surface area contributed by atoms with E-state index >= 15 is 0 Å². The van der Waals surface area contributed by atoms with E-state index in [4.69, 9.17) is 4.98 Å². The summed E-state index contributed by atoms with van der Waals surface area (Å²) in [6, 6.07) is 12.9. The number of hydrogen-bond acceptors (Lipinski definition) is 4. The highest BCUT2D eigenvalue weighted by atomic mass is 32.1. The second-order valence-corrected chi connectivity index (χ2v) is 7.98. The Kier molecular flexibility index (Phi) is 4.64. The third-order valence-electron chi connectivity index (χ3n) is 4.70. The molecular formula is C21H23N3S. The molecule has 0 fully saturated rings. The van der Waals surface area contributed by atoms with Gasteiger partial charge < -0.3 is 0 Å². The van der Waals surface area contributed by atoms with E-state index in [9.17, 15) is 0 Å². The molecule has 1 aliphatic heterocycles. The Balaban J connectivity index is 1.48. The molecule has 0 unspecified atom stereocenters. The van der Waals surface area contributed by atoms with E-state index < -0.39 is 0 Å². The van der Waals surface area contributed by atoms with Crippen molar-refractivity contribution in [2.45, 2.75) is 39.3 Å². The van der Waals surface area contributed by atoms with Gasteiger partial charge in [0.15, 0.2) is 0 Å². The topological polar surface area (TPSA) is 29.0 Å². The van der Waals surface area contributed by atoms with Gasteiger partial charge in [-0.25, -0.2) is 9.97 Å². The molecule has 128 valence electrons. The van der Waals surface area contributed by atoms with Crippen molar-refractivity contribution in [3.63, 3.8) is 0 Å². The fraction of sp³-hybridized carbons (Fsp3) is 0.333. The van der Waals surface area contributed by atoms with Crippen LogP contribution in [-0.2, 0) is 19.5 Å². The monoisotopic (exact) mass is 349 g/mol. The van der Waals surface area contributed by atoms with Crippen molar-refractivity contribution < 1.29 is 0 Å². The normalized spacial score (nSPS) is 14.7. The summed E-state index contributed by atoms with van der Waals surface area (Å²) < 4.78 is 0. The van der Waals surface area contributed by atoms with Crippen LogP contribution in [0.3, 0.4) is 0 Å². The van der Waals surface area contributed by atoms with Crippen LogP contribution < -0.4 is 0 Å². The Bertz CT molecular complexity index is 855. The molecular weight excluding hydrogens is 326 g/mol. The average molecular weight is 350 g/mol. The second kappa shape index (κ2) is 7.06. The largest absolute Gasteiger partial charge is 0.292 e. The summed E-state index contributed by atoms with van der Waals surface area (Å²) >= 11 is 1.85. The van der Waals surface area contributed by atoms with E-state index in [0.29, 0.717) is 5.92 Å². The summed E-state index contributed by atoms with van der Waals surface area (Å²) in [4.78, 5) is 13.2. The first-order chi connectivity index (χ1) is 12.2. The van der Waals surface area contributed by atoms with Gasteiger partial charge in [0.1, 0.15) is 5.82 Å². The third-order valence-corrected chi connectivity index (χ3v) is 5.62. The molecule has 2 aromatic heterocycles. The molecule has 25 heavy (non-hydrogen) atoms. The SMILES string of the molecule is CC(C)c1ncc2c(n1)CN(Cc1cc(-c3ccccc3)cs1)CC2. The smallest absolute Gasteiger partial charge is 0.131 e.